The number of benzene rings is 1. The van der Waals surface area contributed by atoms with Crippen LogP contribution in [0.5, 0.6) is 0 Å². The second-order valence-corrected chi connectivity index (χ2v) is 9.37. The van der Waals surface area contributed by atoms with E-state index in [-0.39, 0.29) is 23.3 Å². The molecule has 1 aromatic carbocycles. The van der Waals surface area contributed by atoms with Crippen LogP contribution in [0.3, 0.4) is 0 Å². The Kier molecular flexibility index (Phi) is 5.94. The normalized spacial score (nSPS) is 25.7. The lowest BCUT2D eigenvalue weighted by molar-refractivity contribution is -0.176. The highest BCUT2D eigenvalue weighted by molar-refractivity contribution is 6.20. The summed E-state index contributed by atoms with van der Waals surface area (Å²) in [6.07, 6.45) is 1.68. The monoisotopic (exact) mass is 444 g/mol. The molecular weight excluding hydrogens is 416 g/mol. The van der Waals surface area contributed by atoms with Crippen molar-refractivity contribution in [1.82, 2.24) is 9.96 Å². The maximum atomic E-state index is 12.9. The number of hydrogen-bond acceptors (Lipinski definition) is 7. The quantitative estimate of drug-likeness (QED) is 0.661. The van der Waals surface area contributed by atoms with Gasteiger partial charge in [0.25, 0.3) is 11.8 Å². The summed E-state index contributed by atoms with van der Waals surface area (Å²) in [5.74, 6) is -2.54. The lowest BCUT2D eigenvalue weighted by Crippen LogP contribution is -2.54. The number of piperidine rings is 1. The van der Waals surface area contributed by atoms with E-state index >= 15 is 0 Å². The van der Waals surface area contributed by atoms with Crippen LogP contribution in [0.25, 0.3) is 0 Å². The van der Waals surface area contributed by atoms with Crippen LogP contribution in [-0.4, -0.2) is 64.7 Å². The summed E-state index contributed by atoms with van der Waals surface area (Å²) in [6.45, 7) is 6.31. The zero-order valence-electron chi connectivity index (χ0n) is 18.5. The maximum Gasteiger partial charge on any atom is 0.410 e. The molecule has 0 N–H and O–H groups in total. The van der Waals surface area contributed by atoms with Crippen LogP contribution in [0.15, 0.2) is 24.3 Å². The molecule has 0 radical (unpaired) electrons. The van der Waals surface area contributed by atoms with Crippen molar-refractivity contribution in [1.29, 1.82) is 0 Å². The highest BCUT2D eigenvalue weighted by atomic mass is 16.7. The summed E-state index contributed by atoms with van der Waals surface area (Å²) in [5, 5.41) is 0.536. The molecule has 0 aromatic heterocycles. The van der Waals surface area contributed by atoms with Crippen LogP contribution in [0.2, 0.25) is 0 Å². The topological polar surface area (TPSA) is 102 Å². The third kappa shape index (κ3) is 4.34. The Labute approximate surface area is 186 Å². The molecule has 0 saturated carbocycles. The zero-order chi connectivity index (χ0) is 23.0. The van der Waals surface area contributed by atoms with Gasteiger partial charge in [-0.05, 0) is 58.6 Å². The number of fused-ring (bicyclic) bond motifs is 1. The lowest BCUT2D eigenvalue weighted by atomic mass is 9.87. The molecule has 3 atom stereocenters. The highest BCUT2D eigenvalue weighted by Gasteiger charge is 2.45. The number of ether oxygens (including phenoxy) is 2. The first-order valence-electron chi connectivity index (χ1n) is 11.0. The molecule has 3 unspecified atom stereocenters. The molecule has 0 aliphatic carbocycles. The van der Waals surface area contributed by atoms with Gasteiger partial charge in [0.1, 0.15) is 5.60 Å². The van der Waals surface area contributed by atoms with Gasteiger partial charge in [-0.2, -0.15) is 0 Å². The van der Waals surface area contributed by atoms with Gasteiger partial charge in [-0.1, -0.05) is 17.2 Å². The SMILES string of the molecule is CC(C)(C)OC(=O)N1CCC(C(=O)ON2C(=O)c3ccccc3C2=O)CC1C1CCCO1. The molecule has 3 aliphatic heterocycles. The van der Waals surface area contributed by atoms with E-state index in [1.807, 2.05) is 0 Å². The number of nitrogens with zero attached hydrogens (tertiary/aromatic N) is 2. The van der Waals surface area contributed by atoms with Crippen LogP contribution >= 0.6 is 0 Å². The first-order chi connectivity index (χ1) is 15.2. The Hall–Kier alpha value is -2.94. The first-order valence-corrected chi connectivity index (χ1v) is 11.0. The fraction of sp³-hybridized carbons (Fsp3) is 0.565. The van der Waals surface area contributed by atoms with Crippen molar-refractivity contribution >= 4 is 23.9 Å². The molecule has 3 aliphatic rings. The van der Waals surface area contributed by atoms with Gasteiger partial charge >= 0.3 is 12.1 Å². The summed E-state index contributed by atoms with van der Waals surface area (Å²) in [4.78, 5) is 57.6. The van der Waals surface area contributed by atoms with E-state index < -0.39 is 35.4 Å². The number of carbonyl (C=O) groups is 4. The average molecular weight is 444 g/mol. The van der Waals surface area contributed by atoms with Crippen LogP contribution < -0.4 is 0 Å². The smallest absolute Gasteiger partial charge is 0.410 e. The first kappa shape index (κ1) is 22.3. The van der Waals surface area contributed by atoms with E-state index in [0.29, 0.717) is 31.1 Å². The van der Waals surface area contributed by atoms with Gasteiger partial charge in [0.2, 0.25) is 0 Å². The Morgan fingerprint density at radius 2 is 1.72 bits per heavy atom. The van der Waals surface area contributed by atoms with E-state index in [1.165, 1.54) is 12.1 Å². The molecule has 32 heavy (non-hydrogen) atoms. The number of carbonyl (C=O) groups excluding carboxylic acids is 4. The molecule has 1 aromatic rings. The maximum absolute atomic E-state index is 12.9. The third-order valence-electron chi connectivity index (χ3n) is 5.94. The van der Waals surface area contributed by atoms with E-state index in [1.54, 1.807) is 37.8 Å². The minimum atomic E-state index is -0.661. The van der Waals surface area contributed by atoms with Gasteiger partial charge in [-0.25, -0.2) is 9.59 Å². The summed E-state index contributed by atoms with van der Waals surface area (Å²) >= 11 is 0. The van der Waals surface area contributed by atoms with Crippen LogP contribution in [0.1, 0.15) is 67.2 Å². The van der Waals surface area contributed by atoms with Gasteiger partial charge in [-0.3, -0.25) is 9.59 Å². The minimum Gasteiger partial charge on any atom is -0.444 e. The number of hydrogen-bond donors (Lipinski definition) is 0. The van der Waals surface area contributed by atoms with Crippen molar-refractivity contribution < 1.29 is 33.5 Å². The minimum absolute atomic E-state index is 0.197. The molecule has 9 nitrogen and oxygen atoms in total. The summed E-state index contributed by atoms with van der Waals surface area (Å²) in [6, 6.07) is 6.00. The van der Waals surface area contributed by atoms with E-state index in [4.69, 9.17) is 14.3 Å². The van der Waals surface area contributed by atoms with E-state index in [2.05, 4.69) is 0 Å². The molecule has 0 bridgehead atoms. The second-order valence-electron chi connectivity index (χ2n) is 9.37. The van der Waals surface area contributed by atoms with Gasteiger partial charge in [0.15, 0.2) is 0 Å². The Bertz CT molecular complexity index is 898. The molecule has 2 saturated heterocycles. The standard InChI is InChI=1S/C23H28N2O7/c1-23(2,3)31-22(29)24-11-10-14(13-17(24)18-9-6-12-30-18)21(28)32-25-19(26)15-7-4-5-8-16(15)20(25)27/h4-5,7-8,14,17-18H,6,9-13H2,1-3H3. The molecule has 172 valence electrons. The third-order valence-corrected chi connectivity index (χ3v) is 5.94. The molecule has 9 heteroatoms. The predicted octanol–water partition coefficient (Wildman–Crippen LogP) is 2.94. The molecule has 4 rings (SSSR count). The predicted molar refractivity (Wildman–Crippen MR) is 111 cm³/mol. The highest BCUT2D eigenvalue weighted by Crippen LogP contribution is 2.33. The van der Waals surface area contributed by atoms with Gasteiger partial charge in [0, 0.05) is 13.2 Å². The summed E-state index contributed by atoms with van der Waals surface area (Å²) < 4.78 is 11.4. The largest absolute Gasteiger partial charge is 0.444 e. The fourth-order valence-electron chi connectivity index (χ4n) is 4.43. The summed E-state index contributed by atoms with van der Waals surface area (Å²) in [5.41, 5.74) is -0.219. The van der Waals surface area contributed by atoms with Crippen molar-refractivity contribution in [2.75, 3.05) is 13.2 Å². The number of rotatable bonds is 3. The lowest BCUT2D eigenvalue weighted by Gasteiger charge is -2.41. The van der Waals surface area contributed by atoms with Crippen molar-refractivity contribution in [2.24, 2.45) is 5.92 Å². The summed E-state index contributed by atoms with van der Waals surface area (Å²) in [7, 11) is 0. The van der Waals surface area contributed by atoms with Crippen LogP contribution in [0.4, 0.5) is 4.79 Å². The van der Waals surface area contributed by atoms with E-state index in [9.17, 15) is 19.2 Å². The van der Waals surface area contributed by atoms with Crippen LogP contribution in [0, 0.1) is 5.92 Å². The van der Waals surface area contributed by atoms with Gasteiger partial charge in [0.05, 0.1) is 29.2 Å². The molecular formula is C23H28N2O7. The second kappa shape index (κ2) is 8.54. The van der Waals surface area contributed by atoms with Gasteiger partial charge in [-0.15, -0.1) is 0 Å². The van der Waals surface area contributed by atoms with Crippen molar-refractivity contribution in [2.45, 2.75) is 64.2 Å². The zero-order valence-corrected chi connectivity index (χ0v) is 18.5. The van der Waals surface area contributed by atoms with Crippen molar-refractivity contribution in [3.8, 4) is 0 Å². The number of likely N-dealkylation sites (tertiary alicyclic amines) is 1. The molecule has 3 amide bonds. The Morgan fingerprint density at radius 3 is 2.28 bits per heavy atom. The van der Waals surface area contributed by atoms with Crippen LogP contribution in [-0.2, 0) is 19.1 Å². The number of hydroxylamine groups is 2. The fourth-order valence-corrected chi connectivity index (χ4v) is 4.43. The molecule has 2 fully saturated rings. The van der Waals surface area contributed by atoms with E-state index in [0.717, 1.165) is 12.8 Å². The molecule has 0 spiro atoms. The molecule has 3 heterocycles. The average Bonchev–Trinajstić information content (AvgIpc) is 3.36. The van der Waals surface area contributed by atoms with Gasteiger partial charge < -0.3 is 19.2 Å². The number of amides is 3. The number of imide groups is 1. The van der Waals surface area contributed by atoms with Crippen molar-refractivity contribution in [3.05, 3.63) is 35.4 Å². The van der Waals surface area contributed by atoms with Crippen molar-refractivity contribution in [3.63, 3.8) is 0 Å². The Balaban J connectivity index is 1.46. The Morgan fingerprint density at radius 1 is 1.06 bits per heavy atom.